The molecule has 4 nitrogen and oxygen atoms in total. The van der Waals surface area contributed by atoms with E-state index in [1.165, 1.54) is 0 Å². The maximum Gasteiger partial charge on any atom is 0.208 e. The lowest BCUT2D eigenvalue weighted by Crippen LogP contribution is -2.35. The minimum Gasteiger partial charge on any atom is -0.444 e. The van der Waals surface area contributed by atoms with E-state index in [0.29, 0.717) is 12.5 Å². The van der Waals surface area contributed by atoms with Crippen molar-refractivity contribution in [2.24, 2.45) is 0 Å². The highest BCUT2D eigenvalue weighted by atomic mass is 16.5. The van der Waals surface area contributed by atoms with Crippen LogP contribution in [0, 0.1) is 0 Å². The monoisotopic (exact) mass is 238 g/mol. The highest BCUT2D eigenvalue weighted by molar-refractivity contribution is 5.06. The number of hydrogen-bond donors (Lipinski definition) is 1. The number of aromatic nitrogens is 1. The Balaban J connectivity index is 1.96. The van der Waals surface area contributed by atoms with Crippen LogP contribution >= 0.6 is 0 Å². The molecule has 0 spiro atoms. The van der Waals surface area contributed by atoms with Gasteiger partial charge in [0.25, 0.3) is 0 Å². The second-order valence-electron chi connectivity index (χ2n) is 5.73. The van der Waals surface area contributed by atoms with E-state index in [2.05, 4.69) is 38.0 Å². The van der Waals surface area contributed by atoms with Crippen LogP contribution in [0.2, 0.25) is 0 Å². The quantitative estimate of drug-likeness (QED) is 0.878. The second kappa shape index (κ2) is 4.78. The lowest BCUT2D eigenvalue weighted by Gasteiger charge is -2.19. The van der Waals surface area contributed by atoms with Crippen LogP contribution in [0.25, 0.3) is 0 Å². The maximum absolute atomic E-state index is 5.78. The third-order valence-corrected chi connectivity index (χ3v) is 3.08. The molecule has 0 radical (unpaired) electrons. The van der Waals surface area contributed by atoms with Crippen LogP contribution in [-0.2, 0) is 11.3 Å². The molecule has 2 heterocycles. The summed E-state index contributed by atoms with van der Waals surface area (Å²) in [6, 6.07) is 0. The van der Waals surface area contributed by atoms with E-state index in [9.17, 15) is 0 Å². The van der Waals surface area contributed by atoms with E-state index in [4.69, 9.17) is 9.15 Å². The van der Waals surface area contributed by atoms with E-state index in [1.807, 2.05) is 6.20 Å². The van der Waals surface area contributed by atoms with E-state index in [-0.39, 0.29) is 11.6 Å². The van der Waals surface area contributed by atoms with Crippen molar-refractivity contribution >= 4 is 0 Å². The molecule has 1 aromatic rings. The molecule has 2 rings (SSSR count). The van der Waals surface area contributed by atoms with Gasteiger partial charge in [0.05, 0.1) is 18.8 Å². The predicted octanol–water partition coefficient (Wildman–Crippen LogP) is 2.46. The molecule has 1 fully saturated rings. The van der Waals surface area contributed by atoms with Crippen molar-refractivity contribution in [2.75, 3.05) is 6.61 Å². The Morgan fingerprint density at radius 1 is 1.47 bits per heavy atom. The number of rotatable bonds is 3. The molecule has 1 aliphatic heterocycles. The Morgan fingerprint density at radius 2 is 2.24 bits per heavy atom. The van der Waals surface area contributed by atoms with Gasteiger partial charge in [0.2, 0.25) is 5.89 Å². The molecule has 1 aliphatic rings. The number of nitrogens with zero attached hydrogens (tertiary/aromatic N) is 1. The number of hydrogen-bond acceptors (Lipinski definition) is 4. The first-order valence-corrected chi connectivity index (χ1v) is 6.27. The Morgan fingerprint density at radius 3 is 2.82 bits per heavy atom. The first-order valence-electron chi connectivity index (χ1n) is 6.27. The molecule has 2 unspecified atom stereocenters. The van der Waals surface area contributed by atoms with E-state index >= 15 is 0 Å². The maximum atomic E-state index is 5.78. The molecule has 4 heteroatoms. The van der Waals surface area contributed by atoms with Gasteiger partial charge in [-0.25, -0.2) is 4.98 Å². The molecule has 1 N–H and O–H groups in total. The topological polar surface area (TPSA) is 47.3 Å². The molecular formula is C13H22N2O2. The molecule has 0 saturated carbocycles. The highest BCUT2D eigenvalue weighted by Crippen LogP contribution is 2.31. The van der Waals surface area contributed by atoms with Crippen molar-refractivity contribution in [2.45, 2.75) is 58.2 Å². The van der Waals surface area contributed by atoms with Crippen molar-refractivity contribution < 1.29 is 9.15 Å². The molecule has 0 aliphatic carbocycles. The molecule has 2 atom stereocenters. The summed E-state index contributed by atoms with van der Waals surface area (Å²) in [5.74, 6) is 2.08. The third-order valence-electron chi connectivity index (χ3n) is 3.08. The molecule has 96 valence electrons. The van der Waals surface area contributed by atoms with Gasteiger partial charge in [-0.1, -0.05) is 0 Å². The minimum absolute atomic E-state index is 0.0817. The summed E-state index contributed by atoms with van der Waals surface area (Å²) < 4.78 is 11.3. The smallest absolute Gasteiger partial charge is 0.208 e. The van der Waals surface area contributed by atoms with E-state index in [0.717, 1.165) is 24.7 Å². The minimum atomic E-state index is 0.0817. The Hall–Kier alpha value is -0.870. The normalized spacial score (nSPS) is 25.4. The predicted molar refractivity (Wildman–Crippen MR) is 65.9 cm³/mol. The summed E-state index contributed by atoms with van der Waals surface area (Å²) in [5.41, 5.74) is 0.0817. The lowest BCUT2D eigenvalue weighted by atomic mass is 10.0. The zero-order valence-corrected chi connectivity index (χ0v) is 11.1. The fraction of sp³-hybridized carbons (Fsp3) is 0.769. The van der Waals surface area contributed by atoms with Crippen LogP contribution in [0.3, 0.4) is 0 Å². The van der Waals surface area contributed by atoms with E-state index < -0.39 is 0 Å². The van der Waals surface area contributed by atoms with Crippen molar-refractivity contribution in [1.29, 1.82) is 0 Å². The summed E-state index contributed by atoms with van der Waals surface area (Å²) in [7, 11) is 0. The number of oxazole rings is 1. The first-order chi connectivity index (χ1) is 7.96. The third kappa shape index (κ3) is 3.30. The summed E-state index contributed by atoms with van der Waals surface area (Å²) in [6.07, 6.45) is 3.12. The summed E-state index contributed by atoms with van der Waals surface area (Å²) in [5, 5.41) is 3.37. The van der Waals surface area contributed by atoms with Crippen LogP contribution in [-0.4, -0.2) is 23.2 Å². The molecule has 17 heavy (non-hydrogen) atoms. The van der Waals surface area contributed by atoms with Crippen LogP contribution in [0.15, 0.2) is 10.6 Å². The molecule has 0 bridgehead atoms. The second-order valence-corrected chi connectivity index (χ2v) is 5.73. The summed E-state index contributed by atoms with van der Waals surface area (Å²) in [4.78, 5) is 4.31. The van der Waals surface area contributed by atoms with Gasteiger partial charge in [-0.15, -0.1) is 0 Å². The van der Waals surface area contributed by atoms with Gasteiger partial charge in [0, 0.05) is 18.1 Å². The number of ether oxygens (including phenoxy) is 1. The molecule has 1 saturated heterocycles. The average molecular weight is 238 g/mol. The van der Waals surface area contributed by atoms with Crippen molar-refractivity contribution in [1.82, 2.24) is 10.3 Å². The Labute approximate surface area is 103 Å². The SMILES string of the molecule is CC1OCCC1c1cnc(CNC(C)(C)C)o1. The standard InChI is InChI=1S/C13H22N2O2/c1-9-10(5-6-16-9)11-7-14-12(17-11)8-15-13(2,3)4/h7,9-10,15H,5-6,8H2,1-4H3. The van der Waals surface area contributed by atoms with Crippen LogP contribution in [0.4, 0.5) is 0 Å². The van der Waals surface area contributed by atoms with Gasteiger partial charge in [-0.3, -0.25) is 0 Å². The largest absolute Gasteiger partial charge is 0.444 e. The van der Waals surface area contributed by atoms with Gasteiger partial charge in [-0.05, 0) is 34.1 Å². The fourth-order valence-electron chi connectivity index (χ4n) is 2.02. The Kier molecular flexibility index (Phi) is 3.54. The van der Waals surface area contributed by atoms with Crippen molar-refractivity contribution in [3.63, 3.8) is 0 Å². The highest BCUT2D eigenvalue weighted by Gasteiger charge is 2.29. The van der Waals surface area contributed by atoms with Gasteiger partial charge < -0.3 is 14.5 Å². The Bertz CT molecular complexity index is 368. The van der Waals surface area contributed by atoms with Crippen LogP contribution < -0.4 is 5.32 Å². The van der Waals surface area contributed by atoms with Crippen molar-refractivity contribution in [3.8, 4) is 0 Å². The van der Waals surface area contributed by atoms with Crippen LogP contribution in [0.5, 0.6) is 0 Å². The van der Waals surface area contributed by atoms with Crippen LogP contribution in [0.1, 0.15) is 51.7 Å². The van der Waals surface area contributed by atoms with Gasteiger partial charge in [0.1, 0.15) is 5.76 Å². The molecule has 0 aromatic carbocycles. The summed E-state index contributed by atoms with van der Waals surface area (Å²) in [6.45, 7) is 9.97. The van der Waals surface area contributed by atoms with Gasteiger partial charge in [-0.2, -0.15) is 0 Å². The zero-order valence-electron chi connectivity index (χ0n) is 11.1. The average Bonchev–Trinajstić information content (AvgIpc) is 2.81. The summed E-state index contributed by atoms with van der Waals surface area (Å²) >= 11 is 0. The zero-order chi connectivity index (χ0) is 12.5. The van der Waals surface area contributed by atoms with Crippen molar-refractivity contribution in [3.05, 3.63) is 17.8 Å². The number of nitrogens with one attached hydrogen (secondary N) is 1. The lowest BCUT2D eigenvalue weighted by molar-refractivity contribution is 0.115. The first kappa shape index (κ1) is 12.6. The van der Waals surface area contributed by atoms with Gasteiger partial charge in [0.15, 0.2) is 0 Å². The molecule has 0 amide bonds. The molecular weight excluding hydrogens is 216 g/mol. The van der Waals surface area contributed by atoms with Gasteiger partial charge >= 0.3 is 0 Å². The molecule has 1 aromatic heterocycles. The fourth-order valence-corrected chi connectivity index (χ4v) is 2.02. The van der Waals surface area contributed by atoms with E-state index in [1.54, 1.807) is 0 Å².